The Bertz CT molecular complexity index is 225. The minimum absolute atomic E-state index is 0.199. The van der Waals surface area contributed by atoms with Gasteiger partial charge >= 0.3 is 0 Å². The summed E-state index contributed by atoms with van der Waals surface area (Å²) >= 11 is 0. The van der Waals surface area contributed by atoms with E-state index in [-0.39, 0.29) is 13.2 Å². The Balaban J connectivity index is 0. The molecule has 0 radical (unpaired) electrons. The van der Waals surface area contributed by atoms with Crippen LogP contribution in [-0.4, -0.2) is 44.4 Å². The molecule has 0 heterocycles. The summed E-state index contributed by atoms with van der Waals surface area (Å²) in [7, 11) is -1.68. The second-order valence-corrected chi connectivity index (χ2v) is 6.09. The molecule has 0 aromatic rings. The fraction of sp³-hybridized carbons (Fsp3) is 1.00. The molecule has 0 unspecified atom stereocenters. The first-order chi connectivity index (χ1) is 8.80. The first kappa shape index (κ1) is 21.4. The van der Waals surface area contributed by atoms with Crippen molar-refractivity contribution in [1.29, 1.82) is 0 Å². The molecule has 0 aromatic heterocycles. The largest absolute Gasteiger partial charge is 0.756 e. The Morgan fingerprint density at radius 2 is 1.21 bits per heavy atom. The highest BCUT2D eigenvalue weighted by Gasteiger charge is 2.10. The number of hydrogen-bond acceptors (Lipinski definition) is 4. The van der Waals surface area contributed by atoms with Crippen molar-refractivity contribution in [3.8, 4) is 0 Å². The normalized spacial score (nSPS) is 11.9. The van der Waals surface area contributed by atoms with Crippen molar-refractivity contribution >= 4 is 7.82 Å². The van der Waals surface area contributed by atoms with Gasteiger partial charge in [-0.05, 0) is 33.6 Å². The van der Waals surface area contributed by atoms with Gasteiger partial charge in [0.25, 0.3) is 7.82 Å². The maximum atomic E-state index is 10.7. The van der Waals surface area contributed by atoms with Crippen LogP contribution in [0.5, 0.6) is 0 Å². The molecule has 0 spiro atoms. The zero-order valence-electron chi connectivity index (χ0n) is 13.5. The summed E-state index contributed by atoms with van der Waals surface area (Å²) in [6.07, 6.45) is 1.34. The van der Waals surface area contributed by atoms with Crippen LogP contribution in [0, 0.1) is 0 Å². The SMILES string of the molecule is CCCOP(=O)([O-])OCCC.CC[N+](C)(CC)CC. The van der Waals surface area contributed by atoms with E-state index >= 15 is 0 Å². The quantitative estimate of drug-likeness (QED) is 0.485. The van der Waals surface area contributed by atoms with Crippen molar-refractivity contribution < 1.29 is 23.0 Å². The highest BCUT2D eigenvalue weighted by molar-refractivity contribution is 7.45. The van der Waals surface area contributed by atoms with E-state index in [9.17, 15) is 9.46 Å². The summed E-state index contributed by atoms with van der Waals surface area (Å²) in [4.78, 5) is 10.7. The predicted octanol–water partition coefficient (Wildman–Crippen LogP) is 2.80. The van der Waals surface area contributed by atoms with Gasteiger partial charge in [0.1, 0.15) is 0 Å². The van der Waals surface area contributed by atoms with Gasteiger partial charge in [-0.25, -0.2) is 0 Å². The Labute approximate surface area is 119 Å². The van der Waals surface area contributed by atoms with Gasteiger partial charge in [0.05, 0.1) is 39.9 Å². The zero-order valence-corrected chi connectivity index (χ0v) is 14.4. The van der Waals surface area contributed by atoms with Crippen molar-refractivity contribution in [2.24, 2.45) is 0 Å². The molecule has 0 amide bonds. The molecule has 0 aromatic carbocycles. The van der Waals surface area contributed by atoms with E-state index in [1.54, 1.807) is 0 Å². The monoisotopic (exact) mass is 297 g/mol. The number of quaternary nitrogens is 1. The average molecular weight is 297 g/mol. The molecule has 0 aliphatic carbocycles. The molecule has 0 aliphatic rings. The molecule has 0 saturated heterocycles. The van der Waals surface area contributed by atoms with E-state index in [0.717, 1.165) is 0 Å². The van der Waals surface area contributed by atoms with E-state index in [1.807, 2.05) is 13.8 Å². The van der Waals surface area contributed by atoms with Crippen LogP contribution in [0.4, 0.5) is 0 Å². The number of hydrogen-bond donors (Lipinski definition) is 0. The van der Waals surface area contributed by atoms with Crippen LogP contribution in [0.25, 0.3) is 0 Å². The maximum absolute atomic E-state index is 10.7. The summed E-state index contributed by atoms with van der Waals surface area (Å²) in [5, 5.41) is 0. The van der Waals surface area contributed by atoms with Crippen molar-refractivity contribution in [1.82, 2.24) is 0 Å². The van der Waals surface area contributed by atoms with E-state index in [2.05, 4.69) is 36.9 Å². The van der Waals surface area contributed by atoms with Gasteiger partial charge in [-0.2, -0.15) is 0 Å². The number of nitrogens with zero attached hydrogens (tertiary/aromatic N) is 1. The second kappa shape index (κ2) is 11.9. The van der Waals surface area contributed by atoms with Crippen LogP contribution in [0.2, 0.25) is 0 Å². The number of rotatable bonds is 9. The zero-order chi connectivity index (χ0) is 15.4. The highest BCUT2D eigenvalue weighted by Crippen LogP contribution is 2.38. The molecule has 19 heavy (non-hydrogen) atoms. The predicted molar refractivity (Wildman–Crippen MR) is 77.9 cm³/mol. The Kier molecular flexibility index (Phi) is 13.3. The number of phosphoric ester groups is 1. The topological polar surface area (TPSA) is 58.6 Å². The second-order valence-electron chi connectivity index (χ2n) is 4.68. The van der Waals surface area contributed by atoms with Crippen LogP contribution in [-0.2, 0) is 13.6 Å². The molecule has 5 nitrogen and oxygen atoms in total. The molecule has 0 N–H and O–H groups in total. The van der Waals surface area contributed by atoms with E-state index in [4.69, 9.17) is 0 Å². The first-order valence-corrected chi connectivity index (χ1v) is 8.70. The molecule has 0 aliphatic heterocycles. The molecule has 0 rings (SSSR count). The van der Waals surface area contributed by atoms with Crippen LogP contribution < -0.4 is 4.89 Å². The molecule has 0 atom stereocenters. The lowest BCUT2D eigenvalue weighted by Gasteiger charge is -2.30. The fourth-order valence-electron chi connectivity index (χ4n) is 1.11. The lowest BCUT2D eigenvalue weighted by molar-refractivity contribution is -0.904. The molecular weight excluding hydrogens is 265 g/mol. The Morgan fingerprint density at radius 3 is 1.37 bits per heavy atom. The van der Waals surface area contributed by atoms with Gasteiger partial charge in [0, 0.05) is 0 Å². The molecule has 118 valence electrons. The standard InChI is InChI=1S/C7H18N.C6H15O4P/c1-5-8(4,6-2)7-3;1-3-5-9-11(7,8)10-6-4-2/h5-7H2,1-4H3;3-6H2,1-2H3,(H,7,8)/q+1;/p-1. The van der Waals surface area contributed by atoms with Crippen molar-refractivity contribution in [2.45, 2.75) is 47.5 Å². The van der Waals surface area contributed by atoms with Crippen LogP contribution >= 0.6 is 7.82 Å². The lowest BCUT2D eigenvalue weighted by atomic mass is 10.4. The van der Waals surface area contributed by atoms with Crippen molar-refractivity contribution in [2.75, 3.05) is 39.9 Å². The fourth-order valence-corrected chi connectivity index (χ4v) is 2.00. The van der Waals surface area contributed by atoms with Crippen LogP contribution in [0.1, 0.15) is 47.5 Å². The summed E-state index contributed by atoms with van der Waals surface area (Å²) in [6, 6.07) is 0. The third-order valence-corrected chi connectivity index (χ3v) is 4.19. The summed E-state index contributed by atoms with van der Waals surface area (Å²) in [5.41, 5.74) is 0. The minimum atomic E-state index is -3.98. The van der Waals surface area contributed by atoms with E-state index in [0.29, 0.717) is 12.8 Å². The van der Waals surface area contributed by atoms with E-state index in [1.165, 1.54) is 24.1 Å². The Morgan fingerprint density at radius 1 is 0.895 bits per heavy atom. The van der Waals surface area contributed by atoms with E-state index < -0.39 is 7.82 Å². The van der Waals surface area contributed by atoms with Gasteiger partial charge in [-0.3, -0.25) is 4.57 Å². The third kappa shape index (κ3) is 12.8. The number of phosphoric acid groups is 1. The summed E-state index contributed by atoms with van der Waals surface area (Å²) in [6.45, 7) is 14.6. The van der Waals surface area contributed by atoms with Gasteiger partial charge in [-0.1, -0.05) is 13.8 Å². The maximum Gasteiger partial charge on any atom is 0.267 e. The van der Waals surface area contributed by atoms with Crippen LogP contribution in [0.15, 0.2) is 0 Å². The van der Waals surface area contributed by atoms with Gasteiger partial charge in [-0.15, -0.1) is 0 Å². The minimum Gasteiger partial charge on any atom is -0.756 e. The molecule has 0 saturated carbocycles. The Hall–Kier alpha value is 0.0700. The highest BCUT2D eigenvalue weighted by atomic mass is 31.2. The molecule has 0 bridgehead atoms. The summed E-state index contributed by atoms with van der Waals surface area (Å²) < 4.78 is 20.9. The van der Waals surface area contributed by atoms with Crippen molar-refractivity contribution in [3.63, 3.8) is 0 Å². The average Bonchev–Trinajstić information content (AvgIpc) is 2.43. The van der Waals surface area contributed by atoms with Crippen LogP contribution in [0.3, 0.4) is 0 Å². The first-order valence-electron chi connectivity index (χ1n) is 7.24. The molecule has 6 heteroatoms. The molecular formula is C13H32NO4P. The van der Waals surface area contributed by atoms with Gasteiger partial charge in [0.15, 0.2) is 0 Å². The molecule has 0 fully saturated rings. The van der Waals surface area contributed by atoms with Gasteiger partial charge < -0.3 is 18.4 Å². The smallest absolute Gasteiger partial charge is 0.267 e. The lowest BCUT2D eigenvalue weighted by Crippen LogP contribution is -2.42. The van der Waals surface area contributed by atoms with Gasteiger partial charge in [0.2, 0.25) is 0 Å². The third-order valence-electron chi connectivity index (χ3n) is 3.20. The summed E-state index contributed by atoms with van der Waals surface area (Å²) in [5.74, 6) is 0. The van der Waals surface area contributed by atoms with Crippen molar-refractivity contribution in [3.05, 3.63) is 0 Å².